The number of urea groups is 1. The molecule has 154 valence electrons. The fraction of sp³-hybridized carbons (Fsp3) is 0.429. The van der Waals surface area contributed by atoms with E-state index in [1.807, 2.05) is 13.8 Å². The summed E-state index contributed by atoms with van der Waals surface area (Å²) in [5.74, 6) is 0. The summed E-state index contributed by atoms with van der Waals surface area (Å²) in [6, 6.07) is 3.52. The van der Waals surface area contributed by atoms with Gasteiger partial charge < -0.3 is 14.6 Å². The first kappa shape index (κ1) is 23.1. The molecule has 2 aromatic rings. The summed E-state index contributed by atoms with van der Waals surface area (Å²) in [6.07, 6.45) is 7.17. The minimum atomic E-state index is -4.27. The minimum Gasteiger partial charge on any atom is -0.423 e. The van der Waals surface area contributed by atoms with Crippen LogP contribution in [0.5, 0.6) is 0 Å². The number of sulfonamides is 1. The van der Waals surface area contributed by atoms with E-state index in [1.165, 1.54) is 28.0 Å². The van der Waals surface area contributed by atoms with Crippen LogP contribution in [0.25, 0.3) is 4.72 Å². The molecule has 30 heavy (non-hydrogen) atoms. The Balaban J connectivity index is 0.00000256. The molecule has 0 atom stereocenters. The van der Waals surface area contributed by atoms with E-state index >= 15 is 0 Å². The molecular weight excluding hydrogens is 413 g/mol. The van der Waals surface area contributed by atoms with Crippen molar-refractivity contribution in [3.8, 4) is 0 Å². The number of benzene rings is 1. The van der Waals surface area contributed by atoms with Crippen molar-refractivity contribution in [2.75, 3.05) is 5.32 Å². The van der Waals surface area contributed by atoms with Gasteiger partial charge in [0.1, 0.15) is 0 Å². The van der Waals surface area contributed by atoms with Crippen LogP contribution < -0.4 is 40.4 Å². The van der Waals surface area contributed by atoms with Crippen molar-refractivity contribution in [1.82, 2.24) is 4.57 Å². The van der Waals surface area contributed by atoms with E-state index in [1.54, 1.807) is 0 Å². The number of amides is 2. The van der Waals surface area contributed by atoms with Crippen LogP contribution in [-0.4, -0.2) is 19.0 Å². The molecule has 1 heterocycles. The van der Waals surface area contributed by atoms with Crippen molar-refractivity contribution in [2.24, 2.45) is 0 Å². The van der Waals surface area contributed by atoms with Crippen molar-refractivity contribution in [1.29, 1.82) is 0 Å². The third-order valence-corrected chi connectivity index (χ3v) is 6.94. The molecule has 2 aliphatic carbocycles. The average Bonchev–Trinajstić information content (AvgIpc) is 3.29. The normalized spacial score (nSPS) is 14.8. The summed E-state index contributed by atoms with van der Waals surface area (Å²) in [6.45, 7) is 3.65. The van der Waals surface area contributed by atoms with Crippen molar-refractivity contribution in [3.63, 3.8) is 0 Å². The number of pyridine rings is 1. The zero-order valence-electron chi connectivity index (χ0n) is 17.6. The van der Waals surface area contributed by atoms with Gasteiger partial charge in [-0.05, 0) is 86.4 Å². The summed E-state index contributed by atoms with van der Waals surface area (Å²) in [5, 5.41) is 2.74. The minimum absolute atomic E-state index is 0. The van der Waals surface area contributed by atoms with Crippen LogP contribution >= 0.6 is 0 Å². The third-order valence-electron chi connectivity index (χ3n) is 5.68. The number of carbonyl (C=O) groups excluding carboxylic acids is 1. The van der Waals surface area contributed by atoms with E-state index < -0.39 is 21.6 Å². The molecule has 1 N–H and O–H groups in total. The van der Waals surface area contributed by atoms with Gasteiger partial charge in [0.2, 0.25) is 10.0 Å². The molecule has 0 aliphatic heterocycles. The largest absolute Gasteiger partial charge is 1.00 e. The number of rotatable bonds is 4. The zero-order valence-corrected chi connectivity index (χ0v) is 20.4. The number of aromatic nitrogens is 1. The second-order valence-electron chi connectivity index (χ2n) is 7.93. The average molecular weight is 437 g/mol. The molecule has 4 rings (SSSR count). The van der Waals surface area contributed by atoms with Gasteiger partial charge >= 0.3 is 29.6 Å². The number of hydrogen-bond acceptors (Lipinski definition) is 4. The maximum absolute atomic E-state index is 12.6. The first-order chi connectivity index (χ1) is 13.8. The second kappa shape index (κ2) is 8.86. The third kappa shape index (κ3) is 4.37. The molecule has 0 saturated heterocycles. The first-order valence-electron chi connectivity index (χ1n) is 9.94. The van der Waals surface area contributed by atoms with Gasteiger partial charge in [0, 0.05) is 18.3 Å². The van der Waals surface area contributed by atoms with E-state index in [0.717, 1.165) is 61.4 Å². The smallest absolute Gasteiger partial charge is 0.423 e. The van der Waals surface area contributed by atoms with Crippen LogP contribution in [0.3, 0.4) is 0 Å². The molecule has 2 amide bonds. The molecule has 1 aromatic heterocycles. The predicted molar refractivity (Wildman–Crippen MR) is 111 cm³/mol. The van der Waals surface area contributed by atoms with Gasteiger partial charge in [-0.1, -0.05) is 6.07 Å². The molecule has 0 spiro atoms. The van der Waals surface area contributed by atoms with Crippen LogP contribution in [0, 0.1) is 0 Å². The Morgan fingerprint density at radius 2 is 1.67 bits per heavy atom. The van der Waals surface area contributed by atoms with Gasteiger partial charge in [0.05, 0.1) is 4.90 Å². The van der Waals surface area contributed by atoms with Gasteiger partial charge in [0.15, 0.2) is 6.03 Å². The Labute approximate surface area is 198 Å². The standard InChI is InChI=1S/C21H25N3O4S.Na/c1-13(2)24-10-9-16(12-19(24)25)29(27,28)23-21(26)22-20-17-7-3-5-14(17)11-15-6-4-8-18(15)20;/h9-13H,3-8H2,1-2H3,(H2,22,23,26);/q;+1/p-1. The van der Waals surface area contributed by atoms with Crippen molar-refractivity contribution >= 4 is 21.7 Å². The molecule has 0 unspecified atom stereocenters. The summed E-state index contributed by atoms with van der Waals surface area (Å²) in [5.41, 5.74) is 4.97. The van der Waals surface area contributed by atoms with Crippen LogP contribution in [-0.2, 0) is 35.7 Å². The Morgan fingerprint density at radius 1 is 1.07 bits per heavy atom. The molecular formula is C21H24N3NaO4S. The fourth-order valence-corrected chi connectivity index (χ4v) is 5.17. The molecule has 9 heteroatoms. The van der Waals surface area contributed by atoms with E-state index in [0.29, 0.717) is 0 Å². The Hall–Kier alpha value is -1.61. The van der Waals surface area contributed by atoms with E-state index in [2.05, 4.69) is 16.1 Å². The van der Waals surface area contributed by atoms with Gasteiger partial charge in [-0.2, -0.15) is 0 Å². The number of fused-ring (bicyclic) bond motifs is 2. The monoisotopic (exact) mass is 437 g/mol. The number of nitrogens with zero attached hydrogens (tertiary/aromatic N) is 2. The summed E-state index contributed by atoms with van der Waals surface area (Å²) in [4.78, 5) is 24.4. The summed E-state index contributed by atoms with van der Waals surface area (Å²) in [7, 11) is -4.27. The molecule has 0 radical (unpaired) electrons. The molecule has 0 fully saturated rings. The van der Waals surface area contributed by atoms with E-state index in [4.69, 9.17) is 0 Å². The van der Waals surface area contributed by atoms with Crippen LogP contribution in [0.1, 0.15) is 55.0 Å². The van der Waals surface area contributed by atoms with Crippen molar-refractivity contribution in [3.05, 3.63) is 61.7 Å². The maximum Gasteiger partial charge on any atom is 1.00 e. The molecule has 0 saturated carbocycles. The number of carbonyl (C=O) groups is 1. The number of aryl methyl sites for hydroxylation is 2. The zero-order chi connectivity index (χ0) is 20.8. The van der Waals surface area contributed by atoms with Crippen molar-refractivity contribution in [2.45, 2.75) is 63.3 Å². The number of anilines is 1. The Kier molecular flexibility index (Phi) is 6.81. The fourth-order valence-electron chi connectivity index (χ4n) is 4.32. The number of hydrogen-bond donors (Lipinski definition) is 1. The van der Waals surface area contributed by atoms with E-state index in [-0.39, 0.29) is 40.5 Å². The maximum atomic E-state index is 12.6. The first-order valence-corrected chi connectivity index (χ1v) is 11.4. The number of nitrogens with one attached hydrogen (secondary N) is 1. The van der Waals surface area contributed by atoms with Gasteiger partial charge in [-0.3, -0.25) is 9.59 Å². The van der Waals surface area contributed by atoms with Gasteiger partial charge in [0.25, 0.3) is 5.56 Å². The Bertz CT molecular complexity index is 1120. The summed E-state index contributed by atoms with van der Waals surface area (Å²) >= 11 is 0. The van der Waals surface area contributed by atoms with Crippen LogP contribution in [0.2, 0.25) is 0 Å². The SMILES string of the molecule is CC(C)n1ccc(S(=O)(=O)[N-]C(=O)Nc2c3c(cc4c2CCC4)CCC3)cc1=O.[Na+]. The summed E-state index contributed by atoms with van der Waals surface area (Å²) < 4.78 is 29.9. The Morgan fingerprint density at radius 3 is 2.20 bits per heavy atom. The van der Waals surface area contributed by atoms with E-state index in [9.17, 15) is 18.0 Å². The second-order valence-corrected chi connectivity index (χ2v) is 9.54. The predicted octanol–water partition coefficient (Wildman–Crippen LogP) is 0.705. The van der Waals surface area contributed by atoms with Crippen molar-refractivity contribution < 1.29 is 42.8 Å². The van der Waals surface area contributed by atoms with Gasteiger partial charge in [-0.25, -0.2) is 8.42 Å². The van der Waals surface area contributed by atoms with Crippen LogP contribution in [0.15, 0.2) is 34.1 Å². The molecule has 1 aromatic carbocycles. The van der Waals surface area contributed by atoms with Crippen LogP contribution in [0.4, 0.5) is 10.5 Å². The molecule has 2 aliphatic rings. The topological polar surface area (TPSA) is 99.3 Å². The molecule has 7 nitrogen and oxygen atoms in total. The quantitative estimate of drug-likeness (QED) is 0.712. The molecule has 0 bridgehead atoms. The van der Waals surface area contributed by atoms with Gasteiger partial charge in [-0.15, -0.1) is 0 Å².